The average molecular weight is 233 g/mol. The fourth-order valence-corrected chi connectivity index (χ4v) is 1.05. The lowest BCUT2D eigenvalue weighted by atomic mass is 10.5. The Bertz CT molecular complexity index is 279. The highest BCUT2D eigenvalue weighted by Gasteiger charge is 1.96. The molecule has 11 heavy (non-hydrogen) atoms. The van der Waals surface area contributed by atoms with E-state index in [1.165, 1.54) is 0 Å². The van der Waals surface area contributed by atoms with Gasteiger partial charge in [-0.15, -0.1) is 0 Å². The van der Waals surface area contributed by atoms with Crippen molar-refractivity contribution in [1.29, 1.82) is 0 Å². The van der Waals surface area contributed by atoms with Crippen LogP contribution >= 0.6 is 28.6 Å². The molecule has 0 aliphatic carbocycles. The summed E-state index contributed by atoms with van der Waals surface area (Å²) in [6.07, 6.45) is 0. The van der Waals surface area contributed by atoms with E-state index in [4.69, 9.17) is 0 Å². The Morgan fingerprint density at radius 3 is 2.91 bits per heavy atom. The summed E-state index contributed by atoms with van der Waals surface area (Å²) in [5, 5.41) is 2.01. The van der Waals surface area contributed by atoms with E-state index < -0.39 is 5.24 Å². The van der Waals surface area contributed by atoms with Crippen molar-refractivity contribution in [1.82, 2.24) is 4.98 Å². The van der Waals surface area contributed by atoms with Gasteiger partial charge in [-0.25, -0.2) is 4.98 Å². The fourth-order valence-electron chi connectivity index (χ4n) is 0.587. The van der Waals surface area contributed by atoms with Gasteiger partial charge in [-0.05, 0) is 28.1 Å². The number of carbonyl (C=O) groups excluding carboxylic acids is 1. The van der Waals surface area contributed by atoms with Crippen molar-refractivity contribution in [2.45, 2.75) is 0 Å². The minimum Gasteiger partial charge on any atom is -0.302 e. The second-order valence-electron chi connectivity index (χ2n) is 1.78. The van der Waals surface area contributed by atoms with Gasteiger partial charge in [0.2, 0.25) is 0 Å². The van der Waals surface area contributed by atoms with E-state index in [0.29, 0.717) is 10.4 Å². The molecule has 3 nitrogen and oxygen atoms in total. The van der Waals surface area contributed by atoms with Crippen LogP contribution in [-0.4, -0.2) is 10.2 Å². The maximum Gasteiger partial charge on any atom is 0.281 e. The minimum absolute atomic E-state index is 0.421. The highest BCUT2D eigenvalue weighted by atomic mass is 79.9. The number of halogens is 1. The molecule has 0 radical (unpaired) electrons. The highest BCUT2D eigenvalue weighted by molar-refractivity contribution is 9.10. The largest absolute Gasteiger partial charge is 0.302 e. The molecule has 0 bridgehead atoms. The number of anilines is 1. The van der Waals surface area contributed by atoms with Crippen LogP contribution in [0.25, 0.3) is 0 Å². The first kappa shape index (κ1) is 8.55. The maximum absolute atomic E-state index is 10.4. The molecule has 5 heteroatoms. The van der Waals surface area contributed by atoms with E-state index >= 15 is 0 Å². The molecular weight excluding hydrogens is 228 g/mol. The smallest absolute Gasteiger partial charge is 0.281 e. The molecule has 58 valence electrons. The van der Waals surface area contributed by atoms with Crippen LogP contribution in [-0.2, 0) is 0 Å². The fraction of sp³-hybridized carbons (Fsp3) is 0. The number of nitrogens with zero attached hydrogens (tertiary/aromatic N) is 1. The lowest BCUT2D eigenvalue weighted by Gasteiger charge is -1.98. The second-order valence-corrected chi connectivity index (χ2v) is 2.99. The average Bonchev–Trinajstić information content (AvgIpc) is 1.85. The number of rotatable bonds is 1. The van der Waals surface area contributed by atoms with Crippen molar-refractivity contribution >= 4 is 39.6 Å². The third-order valence-corrected chi connectivity index (χ3v) is 1.50. The van der Waals surface area contributed by atoms with Gasteiger partial charge < -0.3 is 5.32 Å². The van der Waals surface area contributed by atoms with Gasteiger partial charge in [0.15, 0.2) is 0 Å². The summed E-state index contributed by atoms with van der Waals surface area (Å²) in [6, 6.07) is 5.23. The summed E-state index contributed by atoms with van der Waals surface area (Å²) in [5.74, 6) is 0.486. The Hall–Kier alpha value is -0.550. The molecule has 0 unspecified atom stereocenters. The molecule has 0 aliphatic heterocycles. The zero-order valence-electron chi connectivity index (χ0n) is 5.41. The first-order chi connectivity index (χ1) is 5.18. The third kappa shape index (κ3) is 2.90. The van der Waals surface area contributed by atoms with Gasteiger partial charge in [0.05, 0.1) is 0 Å². The van der Waals surface area contributed by atoms with Crippen LogP contribution in [0.15, 0.2) is 22.8 Å². The molecular formula is C6H5BrN2OS. The number of hydrogen-bond acceptors (Lipinski definition) is 2. The predicted octanol–water partition coefficient (Wildman–Crippen LogP) is 2.31. The molecule has 1 heterocycles. The SMILES string of the molecule is O=C(S)Nc1cccc(Br)n1. The minimum atomic E-state index is -0.421. The Morgan fingerprint density at radius 2 is 2.36 bits per heavy atom. The number of amides is 1. The lowest BCUT2D eigenvalue weighted by molar-refractivity contribution is 0.270. The van der Waals surface area contributed by atoms with Gasteiger partial charge in [-0.2, -0.15) is 0 Å². The van der Waals surface area contributed by atoms with Gasteiger partial charge in [0, 0.05) is 0 Å². The van der Waals surface area contributed by atoms with Crippen LogP contribution in [0.1, 0.15) is 0 Å². The van der Waals surface area contributed by atoms with Crippen molar-refractivity contribution in [3.63, 3.8) is 0 Å². The van der Waals surface area contributed by atoms with E-state index in [1.807, 2.05) is 0 Å². The summed E-state index contributed by atoms with van der Waals surface area (Å²) in [4.78, 5) is 14.4. The molecule has 0 fully saturated rings. The molecule has 1 N–H and O–H groups in total. The van der Waals surface area contributed by atoms with Crippen molar-refractivity contribution in [3.05, 3.63) is 22.8 Å². The third-order valence-electron chi connectivity index (χ3n) is 0.950. The molecule has 1 aromatic heterocycles. The van der Waals surface area contributed by atoms with Crippen LogP contribution in [0.2, 0.25) is 0 Å². The Morgan fingerprint density at radius 1 is 1.64 bits per heavy atom. The molecule has 0 aliphatic rings. The molecule has 0 atom stereocenters. The molecule has 0 saturated carbocycles. The van der Waals surface area contributed by atoms with Gasteiger partial charge in [0.25, 0.3) is 5.24 Å². The molecule has 0 spiro atoms. The topological polar surface area (TPSA) is 42.0 Å². The van der Waals surface area contributed by atoms with Crippen LogP contribution in [0.5, 0.6) is 0 Å². The van der Waals surface area contributed by atoms with Crippen LogP contribution in [0, 0.1) is 0 Å². The van der Waals surface area contributed by atoms with E-state index in [9.17, 15) is 4.79 Å². The summed E-state index contributed by atoms with van der Waals surface area (Å²) < 4.78 is 0.678. The van der Waals surface area contributed by atoms with E-state index in [2.05, 4.69) is 38.9 Å². The summed E-state index contributed by atoms with van der Waals surface area (Å²) in [6.45, 7) is 0. The van der Waals surface area contributed by atoms with Crippen molar-refractivity contribution < 1.29 is 4.79 Å². The van der Waals surface area contributed by atoms with E-state index in [0.717, 1.165) is 0 Å². The van der Waals surface area contributed by atoms with Gasteiger partial charge >= 0.3 is 0 Å². The Labute approximate surface area is 77.7 Å². The number of nitrogens with one attached hydrogen (secondary N) is 1. The monoisotopic (exact) mass is 232 g/mol. The summed E-state index contributed by atoms with van der Waals surface area (Å²) in [5.41, 5.74) is 0. The summed E-state index contributed by atoms with van der Waals surface area (Å²) in [7, 11) is 0. The number of hydrogen-bond donors (Lipinski definition) is 2. The first-order valence-corrected chi connectivity index (χ1v) is 4.05. The quantitative estimate of drug-likeness (QED) is 0.577. The maximum atomic E-state index is 10.4. The zero-order valence-corrected chi connectivity index (χ0v) is 7.89. The van der Waals surface area contributed by atoms with Gasteiger partial charge in [-0.1, -0.05) is 18.7 Å². The van der Waals surface area contributed by atoms with Crippen molar-refractivity contribution in [2.24, 2.45) is 0 Å². The normalized spacial score (nSPS) is 9.27. The standard InChI is InChI=1S/C6H5BrN2OS/c7-4-2-1-3-5(8-4)9-6(10)11/h1-3H,(H2,8,9,10,11). The van der Waals surface area contributed by atoms with E-state index in [-0.39, 0.29) is 0 Å². The van der Waals surface area contributed by atoms with Crippen LogP contribution < -0.4 is 5.32 Å². The molecule has 0 aromatic carbocycles. The molecule has 1 aromatic rings. The van der Waals surface area contributed by atoms with Crippen molar-refractivity contribution in [2.75, 3.05) is 5.32 Å². The molecule has 1 amide bonds. The zero-order chi connectivity index (χ0) is 8.27. The predicted molar refractivity (Wildman–Crippen MR) is 49.9 cm³/mol. The van der Waals surface area contributed by atoms with Gasteiger partial charge in [-0.3, -0.25) is 4.79 Å². The number of thiol groups is 1. The molecule has 0 saturated heterocycles. The second kappa shape index (κ2) is 3.73. The van der Waals surface area contributed by atoms with Crippen molar-refractivity contribution in [3.8, 4) is 0 Å². The number of carbonyl (C=O) groups is 1. The Balaban J connectivity index is 2.79. The molecule has 1 rings (SSSR count). The first-order valence-electron chi connectivity index (χ1n) is 2.81. The highest BCUT2D eigenvalue weighted by Crippen LogP contribution is 2.10. The summed E-state index contributed by atoms with van der Waals surface area (Å²) >= 11 is 6.70. The van der Waals surface area contributed by atoms with Crippen LogP contribution in [0.3, 0.4) is 0 Å². The van der Waals surface area contributed by atoms with E-state index in [1.54, 1.807) is 18.2 Å². The van der Waals surface area contributed by atoms with Gasteiger partial charge in [0.1, 0.15) is 10.4 Å². The lowest BCUT2D eigenvalue weighted by Crippen LogP contribution is -2.02. The number of pyridine rings is 1. The Kier molecular flexibility index (Phi) is 2.90. The number of aromatic nitrogens is 1. The van der Waals surface area contributed by atoms with Crippen LogP contribution in [0.4, 0.5) is 10.6 Å².